The molecule has 7 nitrogen and oxygen atoms in total. The first-order valence-corrected chi connectivity index (χ1v) is 9.40. The molecule has 0 saturated carbocycles. The normalized spacial score (nSPS) is 12.6. The highest BCUT2D eigenvalue weighted by molar-refractivity contribution is 6.30. The maximum atomic E-state index is 12.0. The molecule has 148 valence electrons. The number of guanidine groups is 1. The van der Waals surface area contributed by atoms with Crippen molar-refractivity contribution >= 4 is 29.2 Å². The Morgan fingerprint density at radius 1 is 1.11 bits per heavy atom. The van der Waals surface area contributed by atoms with Gasteiger partial charge in [0, 0.05) is 37.3 Å². The van der Waals surface area contributed by atoms with Crippen LogP contribution < -0.4 is 25.4 Å². The number of carbonyl (C=O) groups is 1. The van der Waals surface area contributed by atoms with E-state index in [0.717, 1.165) is 22.7 Å². The molecule has 3 N–H and O–H groups in total. The van der Waals surface area contributed by atoms with Crippen LogP contribution in [0.3, 0.4) is 0 Å². The molecule has 0 spiro atoms. The van der Waals surface area contributed by atoms with Crippen molar-refractivity contribution in [1.29, 1.82) is 0 Å². The molecule has 8 heteroatoms. The Kier molecular flexibility index (Phi) is 6.97. The predicted octanol–water partition coefficient (Wildman–Crippen LogP) is 3.15. The number of rotatable bonds is 7. The lowest BCUT2D eigenvalue weighted by atomic mass is 10.2. The molecule has 0 aliphatic carbocycles. The molecule has 0 aromatic heterocycles. The van der Waals surface area contributed by atoms with Crippen LogP contribution in [0.5, 0.6) is 11.5 Å². The second kappa shape index (κ2) is 9.85. The largest absolute Gasteiger partial charge is 0.454 e. The van der Waals surface area contributed by atoms with E-state index in [1.54, 1.807) is 31.3 Å². The molecule has 0 saturated heterocycles. The minimum atomic E-state index is -0.0348. The van der Waals surface area contributed by atoms with Gasteiger partial charge in [-0.1, -0.05) is 17.7 Å². The SMILES string of the molecule is CN=C(NCCCC(=O)Nc1ccc(Cl)cc1)NCc1ccc2c(c1)OCO2. The van der Waals surface area contributed by atoms with E-state index >= 15 is 0 Å². The highest BCUT2D eigenvalue weighted by Gasteiger charge is 2.13. The molecule has 3 rings (SSSR count). The predicted molar refractivity (Wildman–Crippen MR) is 110 cm³/mol. The van der Waals surface area contributed by atoms with Crippen molar-refractivity contribution < 1.29 is 14.3 Å². The lowest BCUT2D eigenvalue weighted by molar-refractivity contribution is -0.116. The summed E-state index contributed by atoms with van der Waals surface area (Å²) in [5.74, 6) is 2.17. The summed E-state index contributed by atoms with van der Waals surface area (Å²) in [6.07, 6.45) is 1.10. The third kappa shape index (κ3) is 5.79. The molecule has 1 aliphatic heterocycles. The Balaban J connectivity index is 1.35. The van der Waals surface area contributed by atoms with E-state index < -0.39 is 0 Å². The second-order valence-corrected chi connectivity index (χ2v) is 6.64. The zero-order chi connectivity index (χ0) is 19.8. The summed E-state index contributed by atoms with van der Waals surface area (Å²) in [4.78, 5) is 16.2. The van der Waals surface area contributed by atoms with Crippen LogP contribution in [0.4, 0.5) is 5.69 Å². The third-order valence-corrected chi connectivity index (χ3v) is 4.37. The molecule has 0 bridgehead atoms. The number of ether oxygens (including phenoxy) is 2. The number of anilines is 1. The minimum Gasteiger partial charge on any atom is -0.454 e. The molecule has 1 heterocycles. The lowest BCUT2D eigenvalue weighted by Crippen LogP contribution is -2.37. The third-order valence-electron chi connectivity index (χ3n) is 4.12. The van der Waals surface area contributed by atoms with Crippen LogP contribution in [0.15, 0.2) is 47.5 Å². The van der Waals surface area contributed by atoms with E-state index in [1.165, 1.54) is 0 Å². The van der Waals surface area contributed by atoms with Gasteiger partial charge in [0.05, 0.1) is 0 Å². The van der Waals surface area contributed by atoms with Gasteiger partial charge in [-0.2, -0.15) is 0 Å². The average Bonchev–Trinajstić information content (AvgIpc) is 3.17. The summed E-state index contributed by atoms with van der Waals surface area (Å²) in [6, 6.07) is 12.9. The summed E-state index contributed by atoms with van der Waals surface area (Å²) in [6.45, 7) is 1.50. The molecule has 2 aromatic rings. The fourth-order valence-corrected chi connectivity index (χ4v) is 2.80. The quantitative estimate of drug-likeness (QED) is 0.376. The van der Waals surface area contributed by atoms with Crippen molar-refractivity contribution in [2.45, 2.75) is 19.4 Å². The minimum absolute atomic E-state index is 0.0348. The van der Waals surface area contributed by atoms with Gasteiger partial charge in [-0.05, 0) is 48.4 Å². The molecule has 0 fully saturated rings. The number of benzene rings is 2. The van der Waals surface area contributed by atoms with Gasteiger partial charge in [-0.3, -0.25) is 9.79 Å². The first kappa shape index (κ1) is 19.8. The van der Waals surface area contributed by atoms with Crippen LogP contribution in [-0.4, -0.2) is 32.3 Å². The van der Waals surface area contributed by atoms with Crippen LogP contribution in [0.1, 0.15) is 18.4 Å². The van der Waals surface area contributed by atoms with Crippen molar-refractivity contribution in [3.8, 4) is 11.5 Å². The lowest BCUT2D eigenvalue weighted by Gasteiger charge is -2.12. The number of nitrogens with zero attached hydrogens (tertiary/aromatic N) is 1. The number of nitrogens with one attached hydrogen (secondary N) is 3. The van der Waals surface area contributed by atoms with Crippen molar-refractivity contribution in [3.05, 3.63) is 53.1 Å². The average molecular weight is 403 g/mol. The zero-order valence-corrected chi connectivity index (χ0v) is 16.4. The summed E-state index contributed by atoms with van der Waals surface area (Å²) < 4.78 is 10.7. The van der Waals surface area contributed by atoms with E-state index in [0.29, 0.717) is 36.9 Å². The standard InChI is InChI=1S/C20H23ClN4O3/c1-22-20(24-12-14-4-9-17-18(11-14)28-13-27-17)23-10-2-3-19(26)25-16-7-5-15(21)6-8-16/h4-9,11H,2-3,10,12-13H2,1H3,(H,25,26)(H2,22,23,24). The monoisotopic (exact) mass is 402 g/mol. The van der Waals surface area contributed by atoms with Gasteiger partial charge >= 0.3 is 0 Å². The molecule has 0 atom stereocenters. The van der Waals surface area contributed by atoms with Gasteiger partial charge < -0.3 is 25.4 Å². The van der Waals surface area contributed by atoms with E-state index in [-0.39, 0.29) is 12.7 Å². The fourth-order valence-electron chi connectivity index (χ4n) is 2.67. The first-order chi connectivity index (χ1) is 13.6. The Morgan fingerprint density at radius 2 is 1.89 bits per heavy atom. The highest BCUT2D eigenvalue weighted by Crippen LogP contribution is 2.32. The van der Waals surface area contributed by atoms with Crippen molar-refractivity contribution in [1.82, 2.24) is 10.6 Å². The number of hydrogen-bond acceptors (Lipinski definition) is 4. The number of hydrogen-bond donors (Lipinski definition) is 3. The number of amides is 1. The van der Waals surface area contributed by atoms with Crippen molar-refractivity contribution in [2.24, 2.45) is 4.99 Å². The molecule has 1 aliphatic rings. The fraction of sp³-hybridized carbons (Fsp3) is 0.300. The molecule has 2 aromatic carbocycles. The number of aliphatic imine (C=N–C) groups is 1. The van der Waals surface area contributed by atoms with Gasteiger partial charge in [-0.15, -0.1) is 0 Å². The summed E-state index contributed by atoms with van der Waals surface area (Å²) in [7, 11) is 1.71. The second-order valence-electron chi connectivity index (χ2n) is 6.20. The Labute approximate surface area is 169 Å². The van der Waals surface area contributed by atoms with E-state index in [4.69, 9.17) is 21.1 Å². The molecule has 0 radical (unpaired) electrons. The molecule has 0 unspecified atom stereocenters. The maximum absolute atomic E-state index is 12.0. The zero-order valence-electron chi connectivity index (χ0n) is 15.6. The van der Waals surface area contributed by atoms with Gasteiger partial charge in [0.1, 0.15) is 0 Å². The smallest absolute Gasteiger partial charge is 0.231 e. The van der Waals surface area contributed by atoms with Crippen LogP contribution in [0, 0.1) is 0 Å². The molecule has 28 heavy (non-hydrogen) atoms. The Hall–Kier alpha value is -2.93. The van der Waals surface area contributed by atoms with E-state index in [2.05, 4.69) is 20.9 Å². The summed E-state index contributed by atoms with van der Waals surface area (Å²) in [5, 5.41) is 9.93. The van der Waals surface area contributed by atoms with Gasteiger partial charge in [-0.25, -0.2) is 0 Å². The first-order valence-electron chi connectivity index (χ1n) is 9.02. The topological polar surface area (TPSA) is 84.0 Å². The van der Waals surface area contributed by atoms with E-state index in [1.807, 2.05) is 18.2 Å². The molecular weight excluding hydrogens is 380 g/mol. The number of fused-ring (bicyclic) bond motifs is 1. The molecule has 1 amide bonds. The maximum Gasteiger partial charge on any atom is 0.231 e. The van der Waals surface area contributed by atoms with Crippen LogP contribution >= 0.6 is 11.6 Å². The Morgan fingerprint density at radius 3 is 2.68 bits per heavy atom. The molecular formula is C20H23ClN4O3. The van der Waals surface area contributed by atoms with Crippen molar-refractivity contribution in [3.63, 3.8) is 0 Å². The van der Waals surface area contributed by atoms with Gasteiger partial charge in [0.25, 0.3) is 0 Å². The summed E-state index contributed by atoms with van der Waals surface area (Å²) in [5.41, 5.74) is 1.80. The van der Waals surface area contributed by atoms with Crippen LogP contribution in [0.25, 0.3) is 0 Å². The van der Waals surface area contributed by atoms with Gasteiger partial charge in [0.2, 0.25) is 12.7 Å². The number of halogens is 1. The van der Waals surface area contributed by atoms with Crippen LogP contribution in [0.2, 0.25) is 5.02 Å². The van der Waals surface area contributed by atoms with Gasteiger partial charge in [0.15, 0.2) is 17.5 Å². The summed E-state index contributed by atoms with van der Waals surface area (Å²) >= 11 is 5.83. The Bertz CT molecular complexity index is 840. The van der Waals surface area contributed by atoms with Crippen LogP contribution in [-0.2, 0) is 11.3 Å². The number of carbonyl (C=O) groups excluding carboxylic acids is 1. The van der Waals surface area contributed by atoms with E-state index in [9.17, 15) is 4.79 Å². The highest BCUT2D eigenvalue weighted by atomic mass is 35.5. The van der Waals surface area contributed by atoms with Crippen molar-refractivity contribution in [2.75, 3.05) is 25.7 Å².